The SMILES string of the molecule is O=C(O)/C=C\c1cc2c(cc1[N+](=O)[O-])OCO2. The Morgan fingerprint density at radius 2 is 2.06 bits per heavy atom. The highest BCUT2D eigenvalue weighted by Gasteiger charge is 2.22. The van der Waals surface area contributed by atoms with Crippen molar-refractivity contribution in [3.8, 4) is 11.5 Å². The molecule has 2 rings (SSSR count). The number of nitro benzene ring substituents is 1. The number of hydrogen-bond acceptors (Lipinski definition) is 5. The first-order valence-electron chi connectivity index (χ1n) is 4.57. The molecule has 1 N–H and O–H groups in total. The second-order valence-corrected chi connectivity index (χ2v) is 3.19. The summed E-state index contributed by atoms with van der Waals surface area (Å²) in [6, 6.07) is 2.59. The molecule has 0 spiro atoms. The minimum Gasteiger partial charge on any atom is -0.478 e. The van der Waals surface area contributed by atoms with Crippen molar-refractivity contribution >= 4 is 17.7 Å². The van der Waals surface area contributed by atoms with Crippen LogP contribution in [0.5, 0.6) is 11.5 Å². The van der Waals surface area contributed by atoms with Gasteiger partial charge in [0.2, 0.25) is 6.79 Å². The number of aliphatic carboxylic acids is 1. The van der Waals surface area contributed by atoms with Gasteiger partial charge in [0.25, 0.3) is 5.69 Å². The van der Waals surface area contributed by atoms with E-state index in [4.69, 9.17) is 14.6 Å². The van der Waals surface area contributed by atoms with Gasteiger partial charge in [0, 0.05) is 6.08 Å². The number of carboxylic acids is 1. The van der Waals surface area contributed by atoms with Crippen molar-refractivity contribution in [2.45, 2.75) is 0 Å². The van der Waals surface area contributed by atoms with Gasteiger partial charge in [0.05, 0.1) is 16.6 Å². The fourth-order valence-corrected chi connectivity index (χ4v) is 1.40. The highest BCUT2D eigenvalue weighted by atomic mass is 16.7. The van der Waals surface area contributed by atoms with Gasteiger partial charge in [0.1, 0.15) is 0 Å². The molecule has 1 heterocycles. The molecule has 1 aromatic rings. The molecule has 88 valence electrons. The quantitative estimate of drug-likeness (QED) is 0.485. The first kappa shape index (κ1) is 10.9. The predicted molar refractivity (Wildman–Crippen MR) is 55.9 cm³/mol. The van der Waals surface area contributed by atoms with Gasteiger partial charge in [-0.2, -0.15) is 0 Å². The molecule has 0 aromatic heterocycles. The molecule has 0 saturated heterocycles. The molecule has 0 saturated carbocycles. The zero-order valence-corrected chi connectivity index (χ0v) is 8.45. The Balaban J connectivity index is 2.48. The van der Waals surface area contributed by atoms with Crippen LogP contribution < -0.4 is 9.47 Å². The lowest BCUT2D eigenvalue weighted by molar-refractivity contribution is -0.385. The second-order valence-electron chi connectivity index (χ2n) is 3.19. The summed E-state index contributed by atoms with van der Waals surface area (Å²) in [6.45, 7) is -0.00140. The van der Waals surface area contributed by atoms with Gasteiger partial charge in [-0.3, -0.25) is 10.1 Å². The molecule has 7 heteroatoms. The minimum absolute atomic E-state index is 0.00140. The monoisotopic (exact) mass is 237 g/mol. The fourth-order valence-electron chi connectivity index (χ4n) is 1.40. The van der Waals surface area contributed by atoms with Crippen LogP contribution in [0.3, 0.4) is 0 Å². The summed E-state index contributed by atoms with van der Waals surface area (Å²) < 4.78 is 10.1. The molecule has 0 atom stereocenters. The highest BCUT2D eigenvalue weighted by Crippen LogP contribution is 2.38. The number of nitro groups is 1. The molecule has 1 aliphatic rings. The Morgan fingerprint density at radius 3 is 2.65 bits per heavy atom. The first-order chi connectivity index (χ1) is 8.08. The third kappa shape index (κ3) is 2.17. The number of benzene rings is 1. The summed E-state index contributed by atoms with van der Waals surface area (Å²) in [6.07, 6.45) is 1.97. The van der Waals surface area contributed by atoms with Crippen LogP contribution in [0, 0.1) is 10.1 Å². The van der Waals surface area contributed by atoms with Gasteiger partial charge in [0.15, 0.2) is 11.5 Å². The largest absolute Gasteiger partial charge is 0.478 e. The second kappa shape index (κ2) is 4.12. The molecule has 17 heavy (non-hydrogen) atoms. The molecule has 0 bridgehead atoms. The van der Waals surface area contributed by atoms with Gasteiger partial charge in [-0.05, 0) is 12.1 Å². The normalized spacial score (nSPS) is 12.9. The van der Waals surface area contributed by atoms with Crippen molar-refractivity contribution in [1.82, 2.24) is 0 Å². The lowest BCUT2D eigenvalue weighted by Gasteiger charge is -2.00. The summed E-state index contributed by atoms with van der Waals surface area (Å²) in [5.41, 5.74) is -0.0756. The van der Waals surface area contributed by atoms with Crippen LogP contribution in [0.25, 0.3) is 6.08 Å². The standard InChI is InChI=1S/C10H7NO6/c12-10(13)2-1-6-3-8-9(17-5-16-8)4-7(6)11(14)15/h1-4H,5H2,(H,12,13)/b2-1-. The van der Waals surface area contributed by atoms with E-state index in [0.717, 1.165) is 12.2 Å². The number of carboxylic acid groups (broad SMARTS) is 1. The van der Waals surface area contributed by atoms with Crippen LogP contribution in [-0.4, -0.2) is 22.8 Å². The van der Waals surface area contributed by atoms with E-state index in [-0.39, 0.29) is 23.8 Å². The van der Waals surface area contributed by atoms with E-state index in [1.165, 1.54) is 12.1 Å². The lowest BCUT2D eigenvalue weighted by atomic mass is 10.1. The lowest BCUT2D eigenvalue weighted by Crippen LogP contribution is -1.93. The number of hydrogen-bond donors (Lipinski definition) is 1. The van der Waals surface area contributed by atoms with Crippen LogP contribution >= 0.6 is 0 Å². The molecule has 1 aliphatic heterocycles. The Bertz CT molecular complexity index is 522. The van der Waals surface area contributed by atoms with Crippen molar-refractivity contribution in [2.24, 2.45) is 0 Å². The van der Waals surface area contributed by atoms with Crippen molar-refractivity contribution < 1.29 is 24.3 Å². The third-order valence-electron chi connectivity index (χ3n) is 2.12. The zero-order chi connectivity index (χ0) is 12.4. The van der Waals surface area contributed by atoms with Gasteiger partial charge in [-0.1, -0.05) is 0 Å². The van der Waals surface area contributed by atoms with Crippen molar-refractivity contribution in [3.63, 3.8) is 0 Å². The predicted octanol–water partition coefficient (Wildman–Crippen LogP) is 1.42. The van der Waals surface area contributed by atoms with E-state index in [9.17, 15) is 14.9 Å². The van der Waals surface area contributed by atoms with Crippen molar-refractivity contribution in [2.75, 3.05) is 6.79 Å². The van der Waals surface area contributed by atoms with Crippen LogP contribution in [0.15, 0.2) is 18.2 Å². The fraction of sp³-hybridized carbons (Fsp3) is 0.100. The molecule has 0 unspecified atom stereocenters. The Kier molecular flexibility index (Phi) is 2.65. The molecular weight excluding hydrogens is 230 g/mol. The molecule has 1 aromatic carbocycles. The molecule has 0 fully saturated rings. The number of fused-ring (bicyclic) bond motifs is 1. The first-order valence-corrected chi connectivity index (χ1v) is 4.57. The summed E-state index contributed by atoms with van der Waals surface area (Å²) in [4.78, 5) is 20.6. The summed E-state index contributed by atoms with van der Waals surface area (Å²) in [5.74, 6) is -0.540. The molecule has 7 nitrogen and oxygen atoms in total. The number of ether oxygens (including phenoxy) is 2. The Labute approximate surface area is 95.0 Å². The minimum atomic E-state index is -1.18. The molecule has 0 aliphatic carbocycles. The van der Waals surface area contributed by atoms with Crippen LogP contribution in [-0.2, 0) is 4.79 Å². The maximum absolute atomic E-state index is 10.8. The Morgan fingerprint density at radius 1 is 1.41 bits per heavy atom. The van der Waals surface area contributed by atoms with E-state index in [2.05, 4.69) is 0 Å². The smallest absolute Gasteiger partial charge is 0.328 e. The zero-order valence-electron chi connectivity index (χ0n) is 8.45. The van der Waals surface area contributed by atoms with Crippen LogP contribution in [0.1, 0.15) is 5.56 Å². The number of carbonyl (C=O) groups is 1. The number of nitrogens with zero attached hydrogens (tertiary/aromatic N) is 1. The van der Waals surface area contributed by atoms with Crippen molar-refractivity contribution in [1.29, 1.82) is 0 Å². The van der Waals surface area contributed by atoms with E-state index >= 15 is 0 Å². The molecule has 0 amide bonds. The van der Waals surface area contributed by atoms with Gasteiger partial charge >= 0.3 is 5.97 Å². The Hall–Kier alpha value is -2.57. The summed E-state index contributed by atoms with van der Waals surface area (Å²) in [5, 5.41) is 19.3. The maximum atomic E-state index is 10.8. The molecule has 0 radical (unpaired) electrons. The maximum Gasteiger partial charge on any atom is 0.328 e. The summed E-state index contributed by atoms with van der Waals surface area (Å²) >= 11 is 0. The van der Waals surface area contributed by atoms with Gasteiger partial charge < -0.3 is 14.6 Å². The highest BCUT2D eigenvalue weighted by molar-refractivity contribution is 5.86. The van der Waals surface area contributed by atoms with E-state index in [0.29, 0.717) is 5.75 Å². The third-order valence-corrected chi connectivity index (χ3v) is 2.12. The number of rotatable bonds is 3. The van der Waals surface area contributed by atoms with Crippen molar-refractivity contribution in [3.05, 3.63) is 33.9 Å². The van der Waals surface area contributed by atoms with E-state index < -0.39 is 10.9 Å². The van der Waals surface area contributed by atoms with E-state index in [1.54, 1.807) is 0 Å². The van der Waals surface area contributed by atoms with Gasteiger partial charge in [-0.15, -0.1) is 0 Å². The molecular formula is C10H7NO6. The summed E-state index contributed by atoms with van der Waals surface area (Å²) in [7, 11) is 0. The van der Waals surface area contributed by atoms with Crippen LogP contribution in [0.2, 0.25) is 0 Å². The topological polar surface area (TPSA) is 98.9 Å². The van der Waals surface area contributed by atoms with E-state index in [1.807, 2.05) is 0 Å². The van der Waals surface area contributed by atoms with Gasteiger partial charge in [-0.25, -0.2) is 4.79 Å². The van der Waals surface area contributed by atoms with Crippen LogP contribution in [0.4, 0.5) is 5.69 Å². The average Bonchev–Trinajstić information content (AvgIpc) is 2.71. The average molecular weight is 237 g/mol.